The molecule has 3 fully saturated rings. The highest BCUT2D eigenvalue weighted by molar-refractivity contribution is 5.87. The van der Waals surface area contributed by atoms with Crippen LogP contribution in [0.4, 0.5) is 14.0 Å². The number of ether oxygens (including phenoxy) is 3. The lowest BCUT2D eigenvalue weighted by molar-refractivity contribution is -0.136. The van der Waals surface area contributed by atoms with E-state index in [0.717, 1.165) is 71.7 Å². The first-order valence-electron chi connectivity index (χ1n) is 22.7. The van der Waals surface area contributed by atoms with E-state index in [9.17, 15) is 19.2 Å². The van der Waals surface area contributed by atoms with Crippen LogP contribution in [0.5, 0.6) is 0 Å². The Labute approximate surface area is 373 Å². The Kier molecular flexibility index (Phi) is 13.3. The van der Waals surface area contributed by atoms with Gasteiger partial charge in [-0.15, -0.1) is 0 Å². The molecule has 16 nitrogen and oxygen atoms in total. The molecule has 3 aliphatic heterocycles. The summed E-state index contributed by atoms with van der Waals surface area (Å²) in [4.78, 5) is 75.1. The van der Waals surface area contributed by atoms with Crippen LogP contribution in [-0.4, -0.2) is 123 Å². The maximum atomic E-state index is 15.7. The zero-order chi connectivity index (χ0) is 45.4. The van der Waals surface area contributed by atoms with Crippen LogP contribution in [0.15, 0.2) is 48.6 Å². The summed E-state index contributed by atoms with van der Waals surface area (Å²) < 4.78 is 30.8. The number of aromatic nitrogens is 4. The van der Waals surface area contributed by atoms with Crippen LogP contribution in [0.1, 0.15) is 120 Å². The average molecular weight is 884 g/mol. The maximum Gasteiger partial charge on any atom is 0.407 e. The van der Waals surface area contributed by atoms with Gasteiger partial charge in [-0.2, -0.15) is 0 Å². The number of likely N-dealkylation sites (tertiary alicyclic amines) is 3. The molecule has 8 rings (SSSR count). The van der Waals surface area contributed by atoms with E-state index < -0.39 is 36.5 Å². The lowest BCUT2D eigenvalue weighted by Gasteiger charge is -2.39. The molecule has 4 amide bonds. The lowest BCUT2D eigenvalue weighted by atomic mass is 9.93. The van der Waals surface area contributed by atoms with Gasteiger partial charge in [0.15, 0.2) is 0 Å². The molecule has 0 radical (unpaired) electrons. The number of rotatable bonds is 12. The topological polar surface area (TPSA) is 187 Å². The number of hydrogen-bond donors (Lipinski definition) is 4. The Morgan fingerprint density at radius 2 is 1.16 bits per heavy atom. The number of alkyl carbamates (subject to hydrolysis) is 2. The van der Waals surface area contributed by atoms with Crippen molar-refractivity contribution in [2.24, 2.45) is 11.8 Å². The Bertz CT molecular complexity index is 2240. The van der Waals surface area contributed by atoms with Gasteiger partial charge in [-0.05, 0) is 85.8 Å². The molecule has 5 heterocycles. The van der Waals surface area contributed by atoms with E-state index in [1.165, 1.54) is 21.3 Å². The number of H-pyrrole nitrogens is 2. The van der Waals surface area contributed by atoms with Crippen LogP contribution in [0.2, 0.25) is 0 Å². The number of carbonyl (C=O) groups is 4. The smallest absolute Gasteiger partial charge is 0.407 e. The quantitative estimate of drug-likeness (QED) is 0.107. The van der Waals surface area contributed by atoms with E-state index >= 15 is 4.39 Å². The van der Waals surface area contributed by atoms with Gasteiger partial charge in [0.1, 0.15) is 36.0 Å². The Morgan fingerprint density at radius 3 is 1.56 bits per heavy atom. The minimum atomic E-state index is -1.16. The van der Waals surface area contributed by atoms with Crippen molar-refractivity contribution in [2.45, 2.75) is 127 Å². The molecule has 344 valence electrons. The molecule has 1 aliphatic carbocycles. The minimum Gasteiger partial charge on any atom is -0.453 e. The number of benzene rings is 2. The minimum absolute atomic E-state index is 0.0403. The number of nitrogens with one attached hydrogen (secondary N) is 4. The molecule has 0 saturated carbocycles. The molecule has 3 saturated heterocycles. The van der Waals surface area contributed by atoms with Gasteiger partial charge in [-0.1, -0.05) is 52.0 Å². The Hall–Kier alpha value is -5.55. The molecule has 0 bridgehead atoms. The van der Waals surface area contributed by atoms with E-state index in [4.69, 9.17) is 24.2 Å². The molecule has 4 aromatic rings. The predicted molar refractivity (Wildman–Crippen MR) is 238 cm³/mol. The van der Waals surface area contributed by atoms with Crippen LogP contribution in [0, 0.1) is 11.8 Å². The summed E-state index contributed by atoms with van der Waals surface area (Å²) in [6.45, 7) is 8.71. The van der Waals surface area contributed by atoms with Crippen LogP contribution in [-0.2, 0) is 23.8 Å². The van der Waals surface area contributed by atoms with Crippen molar-refractivity contribution >= 4 is 46.1 Å². The first kappa shape index (κ1) is 45.0. The fourth-order valence-electron chi connectivity index (χ4n) is 10.4. The fraction of sp³-hybridized carbons (Fsp3) is 0.574. The van der Waals surface area contributed by atoms with Crippen molar-refractivity contribution in [3.8, 4) is 0 Å². The van der Waals surface area contributed by atoms with E-state index in [0.29, 0.717) is 24.7 Å². The van der Waals surface area contributed by atoms with Gasteiger partial charge in [0, 0.05) is 44.7 Å². The monoisotopic (exact) mass is 883 g/mol. The van der Waals surface area contributed by atoms with Crippen molar-refractivity contribution in [1.82, 2.24) is 45.3 Å². The number of fused-ring (bicyclic) bond motifs is 2. The number of amides is 4. The van der Waals surface area contributed by atoms with E-state index in [2.05, 4.69) is 55.8 Å². The molecule has 64 heavy (non-hydrogen) atoms. The number of imidazole rings is 2. The molecular formula is C47H62FN9O7. The second-order valence-corrected chi connectivity index (χ2v) is 18.4. The van der Waals surface area contributed by atoms with Gasteiger partial charge >= 0.3 is 12.2 Å². The summed E-state index contributed by atoms with van der Waals surface area (Å²) in [6, 6.07) is 10.3. The van der Waals surface area contributed by atoms with Crippen molar-refractivity contribution in [1.29, 1.82) is 0 Å². The zero-order valence-corrected chi connectivity index (χ0v) is 37.8. The van der Waals surface area contributed by atoms with Gasteiger partial charge in [0.05, 0.1) is 48.4 Å². The highest BCUT2D eigenvalue weighted by atomic mass is 19.1. The van der Waals surface area contributed by atoms with Gasteiger partial charge in [-0.25, -0.2) is 23.9 Å². The van der Waals surface area contributed by atoms with Crippen LogP contribution in [0.3, 0.4) is 0 Å². The third kappa shape index (κ3) is 8.80. The molecule has 2 aromatic heterocycles. The summed E-state index contributed by atoms with van der Waals surface area (Å²) >= 11 is 0. The number of carbonyl (C=O) groups excluding carboxylic acids is 4. The number of methoxy groups -OCH3 is 3. The number of hydrogen-bond acceptors (Lipinski definition) is 10. The van der Waals surface area contributed by atoms with Crippen LogP contribution >= 0.6 is 0 Å². The van der Waals surface area contributed by atoms with E-state index in [-0.39, 0.29) is 60.3 Å². The molecule has 2 aromatic carbocycles. The first-order chi connectivity index (χ1) is 30.8. The summed E-state index contributed by atoms with van der Waals surface area (Å²) in [5, 5.41) is 5.44. The highest BCUT2D eigenvalue weighted by Crippen LogP contribution is 2.48. The second-order valence-electron chi connectivity index (χ2n) is 18.4. The molecule has 17 heteroatoms. The molecule has 4 aliphatic rings. The Morgan fingerprint density at radius 1 is 0.688 bits per heavy atom. The molecular weight excluding hydrogens is 822 g/mol. The molecule has 9 atom stereocenters. The van der Waals surface area contributed by atoms with E-state index in [1.54, 1.807) is 0 Å². The van der Waals surface area contributed by atoms with Crippen molar-refractivity contribution in [3.63, 3.8) is 0 Å². The van der Waals surface area contributed by atoms with Gasteiger partial charge < -0.3 is 44.6 Å². The number of halogens is 1. The van der Waals surface area contributed by atoms with E-state index in [1.807, 2.05) is 55.7 Å². The van der Waals surface area contributed by atoms with Crippen LogP contribution < -0.4 is 10.6 Å². The molecule has 0 spiro atoms. The predicted octanol–water partition coefficient (Wildman–Crippen LogP) is 7.09. The number of aromatic amines is 2. The average Bonchev–Trinajstić information content (AvgIpc) is 4.14. The second kappa shape index (κ2) is 18.9. The van der Waals surface area contributed by atoms with Crippen molar-refractivity contribution in [3.05, 3.63) is 71.3 Å². The number of nitrogens with zero attached hydrogens (tertiary/aromatic N) is 5. The van der Waals surface area contributed by atoms with Crippen molar-refractivity contribution < 1.29 is 37.8 Å². The third-order valence-electron chi connectivity index (χ3n) is 13.7. The summed E-state index contributed by atoms with van der Waals surface area (Å²) in [5.74, 6) is 0.800. The summed E-state index contributed by atoms with van der Waals surface area (Å²) in [5.41, 5.74) is 5.47. The lowest BCUT2D eigenvalue weighted by Crippen LogP contribution is -2.51. The highest BCUT2D eigenvalue weighted by Gasteiger charge is 2.43. The summed E-state index contributed by atoms with van der Waals surface area (Å²) in [6.07, 6.45) is 5.96. The largest absolute Gasteiger partial charge is 0.453 e. The zero-order valence-electron chi connectivity index (χ0n) is 37.8. The van der Waals surface area contributed by atoms with Gasteiger partial charge in [0.2, 0.25) is 11.8 Å². The van der Waals surface area contributed by atoms with Gasteiger partial charge in [0.25, 0.3) is 0 Å². The third-order valence-corrected chi connectivity index (χ3v) is 13.7. The fourth-order valence-corrected chi connectivity index (χ4v) is 10.4. The Balaban J connectivity index is 1.07. The maximum absolute atomic E-state index is 15.7. The number of alkyl halides is 1. The van der Waals surface area contributed by atoms with Gasteiger partial charge in [-0.3, -0.25) is 14.5 Å². The molecule has 4 N–H and O–H groups in total. The molecule has 3 unspecified atom stereocenters. The standard InChI is InChI=1S/C47H62FN9O7/c1-25(2)40(53-46(60)63-6)44(58)55-20-8-10-37(55)42-49-31-15-12-27(22-33(31)51-42)35-17-18-36(57(35)29-14-19-39(62-5)30(48)24-29)28-13-16-32-34(23-28)52-43(50-32)38-11-9-21-56(38)45(59)41(26(3)4)54-47(61)64-7/h12-16,19,22-23,25-26,29-30,35-41H,8-11,17-18,20-21,24H2,1-7H3,(H,49,51)(H,50,52)(H,53,60)(H,54,61)/t29?,30?,35-,36-,37+,38+,39?,40+,41+/m1/s1. The van der Waals surface area contributed by atoms with Crippen molar-refractivity contribution in [2.75, 3.05) is 34.4 Å². The SMILES string of the molecule is COC(=O)N[C@H](C(=O)N1CCC[C@H]1c1nc2ccc([C@H]3CC[C@H](c4ccc5nc([C@@H]6CCCN6C(=O)[C@@H](NC(=O)OC)C(C)C)[nH]c5c4)N3C3C=CC(OC)C(F)C3)cc2[nH]1)C(C)C. The normalized spacial score (nSPS) is 26.0. The van der Waals surface area contributed by atoms with Crippen LogP contribution in [0.25, 0.3) is 22.1 Å². The first-order valence-corrected chi connectivity index (χ1v) is 22.7. The summed E-state index contributed by atoms with van der Waals surface area (Å²) in [7, 11) is 4.11.